The van der Waals surface area contributed by atoms with Gasteiger partial charge >= 0.3 is 5.97 Å². The largest absolute Gasteiger partial charge is 0.469 e. The minimum Gasteiger partial charge on any atom is -0.469 e. The predicted octanol–water partition coefficient (Wildman–Crippen LogP) is 2.19. The first-order valence-corrected chi connectivity index (χ1v) is 5.11. The molecule has 0 saturated carbocycles. The summed E-state index contributed by atoms with van der Waals surface area (Å²) in [4.78, 5) is 21.1. The van der Waals surface area contributed by atoms with Gasteiger partial charge < -0.3 is 4.74 Å². The third-order valence-corrected chi connectivity index (χ3v) is 2.44. The molecule has 0 radical (unpaired) electrons. The number of benzene rings is 1. The number of ether oxygens (including phenoxy) is 1. The van der Waals surface area contributed by atoms with Gasteiger partial charge in [0.15, 0.2) is 0 Å². The maximum atomic E-state index is 13.4. The minimum absolute atomic E-state index is 0.0204. The van der Waals surface area contributed by atoms with E-state index in [0.717, 1.165) is 19.2 Å². The average Bonchev–Trinajstić information content (AvgIpc) is 2.28. The van der Waals surface area contributed by atoms with E-state index in [4.69, 9.17) is 11.6 Å². The van der Waals surface area contributed by atoms with Crippen LogP contribution in [-0.4, -0.2) is 18.0 Å². The van der Waals surface area contributed by atoms with E-state index < -0.39 is 16.7 Å². The van der Waals surface area contributed by atoms with Crippen LogP contribution in [0.1, 0.15) is 11.1 Å². The maximum absolute atomic E-state index is 13.4. The number of nitro benzene ring substituents is 1. The molecule has 0 fully saturated rings. The van der Waals surface area contributed by atoms with Crippen LogP contribution >= 0.6 is 11.6 Å². The van der Waals surface area contributed by atoms with Crippen LogP contribution in [0.25, 0.3) is 0 Å². The number of nitrogens with zero attached hydrogens (tertiary/aromatic N) is 1. The summed E-state index contributed by atoms with van der Waals surface area (Å²) in [6.45, 7) is 0. The highest BCUT2D eigenvalue weighted by Crippen LogP contribution is 2.24. The van der Waals surface area contributed by atoms with E-state index in [9.17, 15) is 19.3 Å². The van der Waals surface area contributed by atoms with E-state index in [1.807, 2.05) is 0 Å². The fraction of sp³-hybridized carbons (Fsp3) is 0.300. The van der Waals surface area contributed by atoms with Crippen molar-refractivity contribution in [3.63, 3.8) is 0 Å². The van der Waals surface area contributed by atoms with Gasteiger partial charge in [0.1, 0.15) is 5.82 Å². The lowest BCUT2D eigenvalue weighted by Crippen LogP contribution is -2.08. The van der Waals surface area contributed by atoms with Crippen molar-refractivity contribution in [2.45, 2.75) is 12.3 Å². The normalized spacial score (nSPS) is 10.1. The van der Waals surface area contributed by atoms with Gasteiger partial charge in [-0.15, -0.1) is 11.6 Å². The molecule has 92 valence electrons. The Balaban J connectivity index is 3.23. The Labute approximate surface area is 101 Å². The first kappa shape index (κ1) is 13.4. The molecule has 0 amide bonds. The van der Waals surface area contributed by atoms with Crippen molar-refractivity contribution in [1.29, 1.82) is 0 Å². The number of hydrogen-bond acceptors (Lipinski definition) is 4. The molecular formula is C10H9ClFNO4. The zero-order valence-corrected chi connectivity index (χ0v) is 9.66. The van der Waals surface area contributed by atoms with Crippen molar-refractivity contribution in [3.05, 3.63) is 39.2 Å². The molecule has 0 bridgehead atoms. The lowest BCUT2D eigenvalue weighted by molar-refractivity contribution is -0.385. The van der Waals surface area contributed by atoms with E-state index in [0.29, 0.717) is 0 Å². The van der Waals surface area contributed by atoms with Gasteiger partial charge in [0, 0.05) is 17.2 Å². The summed E-state index contributed by atoms with van der Waals surface area (Å²) in [6.07, 6.45) is -0.355. The zero-order valence-electron chi connectivity index (χ0n) is 8.91. The Morgan fingerprint density at radius 2 is 2.18 bits per heavy atom. The number of halogens is 2. The smallest absolute Gasteiger partial charge is 0.310 e. The molecule has 0 spiro atoms. The molecule has 0 saturated heterocycles. The highest BCUT2D eigenvalue weighted by Gasteiger charge is 2.20. The maximum Gasteiger partial charge on any atom is 0.310 e. The van der Waals surface area contributed by atoms with Gasteiger partial charge in [-0.1, -0.05) is 0 Å². The van der Waals surface area contributed by atoms with Crippen molar-refractivity contribution in [1.82, 2.24) is 0 Å². The van der Waals surface area contributed by atoms with Crippen LogP contribution in [0.2, 0.25) is 0 Å². The fourth-order valence-corrected chi connectivity index (χ4v) is 1.49. The van der Waals surface area contributed by atoms with E-state index in [-0.39, 0.29) is 29.1 Å². The Kier molecular flexibility index (Phi) is 4.39. The Morgan fingerprint density at radius 1 is 1.53 bits per heavy atom. The first-order chi connectivity index (χ1) is 7.99. The Hall–Kier alpha value is -1.69. The molecule has 0 aliphatic carbocycles. The molecule has 0 aromatic heterocycles. The molecule has 0 unspecified atom stereocenters. The molecule has 0 atom stereocenters. The summed E-state index contributed by atoms with van der Waals surface area (Å²) in [5, 5.41) is 10.8. The van der Waals surface area contributed by atoms with Crippen LogP contribution in [0.3, 0.4) is 0 Å². The molecular weight excluding hydrogens is 253 g/mol. The van der Waals surface area contributed by atoms with Gasteiger partial charge in [-0.05, 0) is 6.07 Å². The number of carbonyl (C=O) groups excluding carboxylic acids is 1. The van der Waals surface area contributed by atoms with Crippen LogP contribution in [0.5, 0.6) is 0 Å². The van der Waals surface area contributed by atoms with Crippen LogP contribution in [0, 0.1) is 15.9 Å². The Bertz CT molecular complexity index is 464. The third kappa shape index (κ3) is 3.13. The fourth-order valence-electron chi connectivity index (χ4n) is 1.29. The number of esters is 1. The number of nitro groups is 1. The van der Waals surface area contributed by atoms with E-state index in [2.05, 4.69) is 4.74 Å². The van der Waals surface area contributed by atoms with Crippen molar-refractivity contribution < 1.29 is 18.8 Å². The second-order valence-corrected chi connectivity index (χ2v) is 3.48. The topological polar surface area (TPSA) is 69.4 Å². The molecule has 5 nitrogen and oxygen atoms in total. The molecule has 0 N–H and O–H groups in total. The predicted molar refractivity (Wildman–Crippen MR) is 58.3 cm³/mol. The van der Waals surface area contributed by atoms with Gasteiger partial charge in [0.2, 0.25) is 0 Å². The van der Waals surface area contributed by atoms with E-state index in [1.54, 1.807) is 0 Å². The third-order valence-electron chi connectivity index (χ3n) is 2.15. The molecule has 17 heavy (non-hydrogen) atoms. The molecule has 1 rings (SSSR count). The summed E-state index contributed by atoms with van der Waals surface area (Å²) < 4.78 is 17.8. The number of rotatable bonds is 4. The van der Waals surface area contributed by atoms with Gasteiger partial charge in [-0.25, -0.2) is 4.39 Å². The Morgan fingerprint density at radius 3 is 2.65 bits per heavy atom. The summed E-state index contributed by atoms with van der Waals surface area (Å²) in [7, 11) is 1.15. The summed E-state index contributed by atoms with van der Waals surface area (Å²) in [5.41, 5.74) is -0.354. The van der Waals surface area contributed by atoms with E-state index >= 15 is 0 Å². The van der Waals surface area contributed by atoms with E-state index in [1.165, 1.54) is 0 Å². The summed E-state index contributed by atoms with van der Waals surface area (Å²) >= 11 is 5.44. The molecule has 1 aromatic rings. The first-order valence-electron chi connectivity index (χ1n) is 4.58. The van der Waals surface area contributed by atoms with Crippen LogP contribution < -0.4 is 0 Å². The molecule has 0 aliphatic rings. The molecule has 0 heterocycles. The van der Waals surface area contributed by atoms with Crippen LogP contribution in [-0.2, 0) is 21.8 Å². The van der Waals surface area contributed by atoms with Crippen molar-refractivity contribution in [3.8, 4) is 0 Å². The van der Waals surface area contributed by atoms with Gasteiger partial charge in [0.25, 0.3) is 5.69 Å². The zero-order chi connectivity index (χ0) is 13.0. The van der Waals surface area contributed by atoms with Gasteiger partial charge in [-0.3, -0.25) is 14.9 Å². The number of hydrogen-bond donors (Lipinski definition) is 0. The van der Waals surface area contributed by atoms with Crippen molar-refractivity contribution in [2.75, 3.05) is 7.11 Å². The summed E-state index contributed by atoms with van der Waals surface area (Å²) in [6, 6.07) is 1.97. The highest BCUT2D eigenvalue weighted by atomic mass is 35.5. The number of alkyl halides is 1. The van der Waals surface area contributed by atoms with Gasteiger partial charge in [0.05, 0.1) is 24.3 Å². The second kappa shape index (κ2) is 5.58. The molecule has 0 aliphatic heterocycles. The minimum atomic E-state index is -0.687. The highest BCUT2D eigenvalue weighted by molar-refractivity contribution is 6.17. The van der Waals surface area contributed by atoms with Crippen LogP contribution in [0.4, 0.5) is 10.1 Å². The lowest BCUT2D eigenvalue weighted by Gasteiger charge is -2.05. The number of carbonyl (C=O) groups is 1. The number of methoxy groups -OCH3 is 1. The molecule has 7 heteroatoms. The van der Waals surface area contributed by atoms with Crippen LogP contribution in [0.15, 0.2) is 12.1 Å². The standard InChI is InChI=1S/C10H9ClFNO4/c1-17-10(14)4-6-2-8(12)7(5-11)3-9(6)13(15)16/h2-3H,4-5H2,1H3. The average molecular weight is 262 g/mol. The molecule has 1 aromatic carbocycles. The monoisotopic (exact) mass is 261 g/mol. The lowest BCUT2D eigenvalue weighted by atomic mass is 10.1. The summed E-state index contributed by atoms with van der Waals surface area (Å²) in [5.74, 6) is -1.53. The SMILES string of the molecule is COC(=O)Cc1cc(F)c(CCl)cc1[N+](=O)[O-]. The van der Waals surface area contributed by atoms with Crippen molar-refractivity contribution >= 4 is 23.3 Å². The second-order valence-electron chi connectivity index (χ2n) is 3.22. The van der Waals surface area contributed by atoms with Crippen molar-refractivity contribution in [2.24, 2.45) is 0 Å². The van der Waals surface area contributed by atoms with Gasteiger partial charge in [-0.2, -0.15) is 0 Å². The quantitative estimate of drug-likeness (QED) is 0.360.